The fraction of sp³-hybridized carbons (Fsp3) is 0.400. The van der Waals surface area contributed by atoms with Gasteiger partial charge >= 0.3 is 0 Å². The van der Waals surface area contributed by atoms with Crippen molar-refractivity contribution in [2.45, 2.75) is 16.9 Å². The number of halogens is 1. The number of rotatable bonds is 0. The fourth-order valence-electron chi connectivity index (χ4n) is 1.72. The quantitative estimate of drug-likeness (QED) is 0.529. The number of aromatic nitrogens is 1. The number of carbonyl (C=O) groups is 1. The lowest BCUT2D eigenvalue weighted by Crippen LogP contribution is -2.33. The van der Waals surface area contributed by atoms with Gasteiger partial charge < -0.3 is 4.90 Å². The molecule has 0 radical (unpaired) electrons. The molecule has 1 aromatic rings. The van der Waals surface area contributed by atoms with Crippen LogP contribution in [0, 0.1) is 0 Å². The van der Waals surface area contributed by atoms with Crippen LogP contribution in [-0.2, 0) is 11.3 Å². The predicted octanol–water partition coefficient (Wildman–Crippen LogP) is 1.02. The minimum Gasteiger partial charge on any atom is -0.300 e. The Balaban J connectivity index is 2.57. The molecule has 1 atom stereocenters. The molecule has 0 aliphatic carbocycles. The summed E-state index contributed by atoms with van der Waals surface area (Å²) < 4.78 is 1.60. The average Bonchev–Trinajstić information content (AvgIpc) is 2.33. The number of nitrogens with zero attached hydrogens (tertiary/aromatic N) is 2. The first-order valence-corrected chi connectivity index (χ1v) is 5.97. The van der Waals surface area contributed by atoms with E-state index in [2.05, 4.69) is 22.6 Å². The minimum atomic E-state index is -0.0492. The molecule has 0 spiro atoms. The molecule has 1 aromatic heterocycles. The van der Waals surface area contributed by atoms with E-state index in [1.165, 1.54) is 6.07 Å². The lowest BCUT2D eigenvalue weighted by Gasteiger charge is -2.18. The molecule has 15 heavy (non-hydrogen) atoms. The first-order valence-electron chi connectivity index (χ1n) is 4.73. The molecule has 80 valence electrons. The van der Waals surface area contributed by atoms with E-state index in [-0.39, 0.29) is 15.4 Å². The molecule has 4 nitrogen and oxygen atoms in total. The molecule has 2 heterocycles. The molecule has 1 unspecified atom stereocenters. The number of pyridine rings is 1. The highest BCUT2D eigenvalue weighted by Gasteiger charge is 2.25. The maximum Gasteiger partial charge on any atom is 0.252 e. The standard InChI is InChI=1S/C10H11IN2O2/c1-12-8-3-2-4-9(14)13(8)6-5-7(11)10(12)15/h2-4,7H,5-6H2,1H3. The Bertz CT molecular complexity index is 455. The normalized spacial score (nSPS) is 21.1. The van der Waals surface area contributed by atoms with Gasteiger partial charge in [-0.25, -0.2) is 0 Å². The van der Waals surface area contributed by atoms with E-state index in [0.717, 1.165) is 0 Å². The topological polar surface area (TPSA) is 42.3 Å². The van der Waals surface area contributed by atoms with E-state index < -0.39 is 0 Å². The van der Waals surface area contributed by atoms with Gasteiger partial charge in [0, 0.05) is 19.7 Å². The SMILES string of the molecule is CN1C(=O)C(I)CCn2c1cccc2=O. The summed E-state index contributed by atoms with van der Waals surface area (Å²) in [5.74, 6) is 0.749. The van der Waals surface area contributed by atoms with Gasteiger partial charge in [-0.2, -0.15) is 0 Å². The van der Waals surface area contributed by atoms with E-state index >= 15 is 0 Å². The third kappa shape index (κ3) is 1.80. The van der Waals surface area contributed by atoms with E-state index in [1.807, 2.05) is 0 Å². The number of carbonyl (C=O) groups excluding carboxylic acids is 1. The van der Waals surface area contributed by atoms with Crippen molar-refractivity contribution in [3.05, 3.63) is 28.6 Å². The first kappa shape index (κ1) is 10.7. The second-order valence-corrected chi connectivity index (χ2v) is 5.03. The van der Waals surface area contributed by atoms with E-state index in [9.17, 15) is 9.59 Å². The van der Waals surface area contributed by atoms with Crippen LogP contribution in [0.3, 0.4) is 0 Å². The summed E-state index contributed by atoms with van der Waals surface area (Å²) in [5, 5.41) is 0. The maximum atomic E-state index is 11.8. The van der Waals surface area contributed by atoms with Crippen molar-refractivity contribution in [2.75, 3.05) is 11.9 Å². The largest absolute Gasteiger partial charge is 0.300 e. The third-order valence-corrected chi connectivity index (χ3v) is 3.73. The van der Waals surface area contributed by atoms with Gasteiger partial charge in [-0.05, 0) is 12.5 Å². The van der Waals surface area contributed by atoms with Crippen LogP contribution in [0.2, 0.25) is 0 Å². The van der Waals surface area contributed by atoms with E-state index in [4.69, 9.17) is 0 Å². The first-order chi connectivity index (χ1) is 7.11. The van der Waals surface area contributed by atoms with Gasteiger partial charge in [-0.1, -0.05) is 28.7 Å². The molecule has 0 saturated carbocycles. The van der Waals surface area contributed by atoms with Crippen molar-refractivity contribution >= 4 is 34.3 Å². The summed E-state index contributed by atoms with van der Waals surface area (Å²) in [6, 6.07) is 5.01. The number of amides is 1. The van der Waals surface area contributed by atoms with Crippen LogP contribution in [0.1, 0.15) is 6.42 Å². The van der Waals surface area contributed by atoms with Gasteiger partial charge in [-0.15, -0.1) is 0 Å². The van der Waals surface area contributed by atoms with Crippen molar-refractivity contribution in [2.24, 2.45) is 0 Å². The van der Waals surface area contributed by atoms with Gasteiger partial charge in [0.1, 0.15) is 5.82 Å². The van der Waals surface area contributed by atoms with Crippen molar-refractivity contribution in [3.63, 3.8) is 0 Å². The van der Waals surface area contributed by atoms with Crippen molar-refractivity contribution < 1.29 is 4.79 Å². The summed E-state index contributed by atoms with van der Waals surface area (Å²) in [5.41, 5.74) is -0.0438. The second kappa shape index (κ2) is 3.96. The highest BCUT2D eigenvalue weighted by molar-refractivity contribution is 14.1. The summed E-state index contributed by atoms with van der Waals surface area (Å²) >= 11 is 2.13. The number of alkyl halides is 1. The molecule has 0 fully saturated rings. The zero-order valence-electron chi connectivity index (χ0n) is 8.31. The van der Waals surface area contributed by atoms with E-state index in [0.29, 0.717) is 18.8 Å². The maximum absolute atomic E-state index is 11.8. The predicted molar refractivity (Wildman–Crippen MR) is 66.5 cm³/mol. The second-order valence-electron chi connectivity index (χ2n) is 3.53. The Morgan fingerprint density at radius 3 is 2.87 bits per heavy atom. The number of hydrogen-bond acceptors (Lipinski definition) is 2. The molecule has 5 heteroatoms. The van der Waals surface area contributed by atoms with Crippen LogP contribution in [0.15, 0.2) is 23.0 Å². The lowest BCUT2D eigenvalue weighted by molar-refractivity contribution is -0.117. The molecule has 0 aromatic carbocycles. The number of fused-ring (bicyclic) bond motifs is 1. The summed E-state index contributed by atoms with van der Waals surface area (Å²) in [4.78, 5) is 25.0. The Morgan fingerprint density at radius 1 is 1.40 bits per heavy atom. The Kier molecular flexibility index (Phi) is 2.81. The fourth-order valence-corrected chi connectivity index (χ4v) is 2.41. The molecule has 0 saturated heterocycles. The van der Waals surface area contributed by atoms with Crippen LogP contribution >= 0.6 is 22.6 Å². The molecule has 2 rings (SSSR count). The van der Waals surface area contributed by atoms with Crippen LogP contribution in [0.4, 0.5) is 5.82 Å². The monoisotopic (exact) mass is 318 g/mol. The average molecular weight is 318 g/mol. The minimum absolute atomic E-state index is 0.0438. The summed E-state index contributed by atoms with van der Waals surface area (Å²) in [6.07, 6.45) is 0.709. The van der Waals surface area contributed by atoms with Crippen molar-refractivity contribution in [1.29, 1.82) is 0 Å². The molecule has 0 bridgehead atoms. The zero-order chi connectivity index (χ0) is 11.0. The van der Waals surface area contributed by atoms with Crippen molar-refractivity contribution in [3.8, 4) is 0 Å². The summed E-state index contributed by atoms with van der Waals surface area (Å²) in [7, 11) is 1.71. The molecule has 1 amide bonds. The molecular formula is C10H11IN2O2. The molecule has 1 aliphatic heterocycles. The van der Waals surface area contributed by atoms with Crippen LogP contribution in [0.25, 0.3) is 0 Å². The van der Waals surface area contributed by atoms with Crippen LogP contribution in [0.5, 0.6) is 0 Å². The van der Waals surface area contributed by atoms with E-state index in [1.54, 1.807) is 28.6 Å². The lowest BCUT2D eigenvalue weighted by atomic mass is 10.3. The molecule has 0 N–H and O–H groups in total. The van der Waals surface area contributed by atoms with Gasteiger partial charge in [0.2, 0.25) is 5.91 Å². The van der Waals surface area contributed by atoms with Gasteiger partial charge in [0.05, 0.1) is 3.92 Å². The highest BCUT2D eigenvalue weighted by atomic mass is 127. The number of hydrogen-bond donors (Lipinski definition) is 0. The third-order valence-electron chi connectivity index (χ3n) is 2.58. The highest BCUT2D eigenvalue weighted by Crippen LogP contribution is 2.21. The Labute approximate surface area is 101 Å². The number of anilines is 1. The van der Waals surface area contributed by atoms with Gasteiger partial charge in [-0.3, -0.25) is 14.2 Å². The smallest absolute Gasteiger partial charge is 0.252 e. The Morgan fingerprint density at radius 2 is 2.13 bits per heavy atom. The van der Waals surface area contributed by atoms with Crippen LogP contribution in [-0.4, -0.2) is 21.4 Å². The molecule has 1 aliphatic rings. The van der Waals surface area contributed by atoms with Gasteiger partial charge in [0.15, 0.2) is 0 Å². The Hall–Kier alpha value is -0.850. The van der Waals surface area contributed by atoms with Crippen molar-refractivity contribution in [1.82, 2.24) is 4.57 Å². The van der Waals surface area contributed by atoms with Crippen LogP contribution < -0.4 is 10.5 Å². The molecular weight excluding hydrogens is 307 g/mol. The zero-order valence-corrected chi connectivity index (χ0v) is 10.5. The van der Waals surface area contributed by atoms with Gasteiger partial charge in [0.25, 0.3) is 5.56 Å². The summed E-state index contributed by atoms with van der Waals surface area (Å²) in [6.45, 7) is 0.610.